The quantitative estimate of drug-likeness (QED) is 0.794. The van der Waals surface area contributed by atoms with Crippen LogP contribution in [-0.4, -0.2) is 53.8 Å². The number of carbonyl (C=O) groups excluding carboxylic acids is 2. The van der Waals surface area contributed by atoms with E-state index in [1.807, 2.05) is 4.90 Å². The molecule has 2 aliphatic heterocycles. The molecule has 5 rings (SSSR count). The average molecular weight is 436 g/mol. The summed E-state index contributed by atoms with van der Waals surface area (Å²) in [5.41, 5.74) is 2.69. The van der Waals surface area contributed by atoms with Crippen LogP contribution in [0.4, 0.5) is 0 Å². The van der Waals surface area contributed by atoms with Crippen LogP contribution in [0.1, 0.15) is 66.2 Å². The van der Waals surface area contributed by atoms with Crippen LogP contribution < -0.4 is 5.32 Å². The standard InChI is InChI=1S/C26H33N3O3/c30-25(27-23-8-3-6-19-5-1-2-7-22(19)23)20-10-14-28(15-11-20)21-12-16-29(17-13-21)26(31)24-9-4-18-32-24/h1-2,4-5,7,9,18,20-21,23H,3,6,8,10-17H2,(H,27,30). The van der Waals surface area contributed by atoms with E-state index < -0.39 is 0 Å². The van der Waals surface area contributed by atoms with Crippen LogP contribution in [0.25, 0.3) is 0 Å². The van der Waals surface area contributed by atoms with Gasteiger partial charge in [0.1, 0.15) is 0 Å². The van der Waals surface area contributed by atoms with Crippen LogP contribution in [0.2, 0.25) is 0 Å². The molecule has 6 nitrogen and oxygen atoms in total. The molecule has 2 fully saturated rings. The minimum atomic E-state index is -0.00637. The lowest BCUT2D eigenvalue weighted by Crippen LogP contribution is -2.50. The van der Waals surface area contributed by atoms with Gasteiger partial charge in [-0.25, -0.2) is 0 Å². The molecule has 0 spiro atoms. The van der Waals surface area contributed by atoms with Gasteiger partial charge in [-0.3, -0.25) is 9.59 Å². The van der Waals surface area contributed by atoms with E-state index in [0.29, 0.717) is 11.8 Å². The molecular weight excluding hydrogens is 402 g/mol. The van der Waals surface area contributed by atoms with Gasteiger partial charge in [-0.1, -0.05) is 24.3 Å². The molecule has 3 aliphatic rings. The van der Waals surface area contributed by atoms with Gasteiger partial charge >= 0.3 is 0 Å². The van der Waals surface area contributed by atoms with Crippen LogP contribution in [-0.2, 0) is 11.2 Å². The number of fused-ring (bicyclic) bond motifs is 1. The van der Waals surface area contributed by atoms with Gasteiger partial charge in [-0.15, -0.1) is 0 Å². The first kappa shape index (κ1) is 21.3. The monoisotopic (exact) mass is 435 g/mol. The Morgan fingerprint density at radius 1 is 0.906 bits per heavy atom. The number of hydrogen-bond acceptors (Lipinski definition) is 4. The second-order valence-electron chi connectivity index (χ2n) is 9.46. The molecule has 6 heteroatoms. The van der Waals surface area contributed by atoms with Gasteiger partial charge in [0.05, 0.1) is 12.3 Å². The maximum Gasteiger partial charge on any atom is 0.289 e. The predicted molar refractivity (Wildman–Crippen MR) is 122 cm³/mol. The number of piperidine rings is 2. The number of amides is 2. The average Bonchev–Trinajstić information content (AvgIpc) is 3.39. The van der Waals surface area contributed by atoms with Crippen LogP contribution in [0.3, 0.4) is 0 Å². The lowest BCUT2D eigenvalue weighted by molar-refractivity contribution is -0.127. The van der Waals surface area contributed by atoms with Crippen molar-refractivity contribution in [1.29, 1.82) is 0 Å². The smallest absolute Gasteiger partial charge is 0.289 e. The zero-order chi connectivity index (χ0) is 21.9. The topological polar surface area (TPSA) is 65.8 Å². The maximum absolute atomic E-state index is 13.0. The van der Waals surface area contributed by atoms with E-state index >= 15 is 0 Å². The van der Waals surface area contributed by atoms with E-state index in [4.69, 9.17) is 4.42 Å². The molecule has 1 aliphatic carbocycles. The maximum atomic E-state index is 13.0. The van der Waals surface area contributed by atoms with E-state index in [2.05, 4.69) is 34.5 Å². The Bertz CT molecular complexity index is 926. The van der Waals surface area contributed by atoms with Crippen molar-refractivity contribution in [1.82, 2.24) is 15.1 Å². The Labute approximate surface area is 189 Å². The molecule has 1 atom stereocenters. The van der Waals surface area contributed by atoms with Gasteiger partial charge in [0.25, 0.3) is 5.91 Å². The molecule has 1 unspecified atom stereocenters. The van der Waals surface area contributed by atoms with Gasteiger partial charge in [-0.2, -0.15) is 0 Å². The van der Waals surface area contributed by atoms with Gasteiger partial charge in [0.15, 0.2) is 5.76 Å². The minimum absolute atomic E-state index is 0.00637. The summed E-state index contributed by atoms with van der Waals surface area (Å²) in [6.07, 6.45) is 8.67. The van der Waals surface area contributed by atoms with Crippen LogP contribution >= 0.6 is 0 Å². The van der Waals surface area contributed by atoms with Crippen LogP contribution in [0.15, 0.2) is 47.1 Å². The second-order valence-corrected chi connectivity index (χ2v) is 9.46. The molecule has 2 amide bonds. The van der Waals surface area contributed by atoms with E-state index in [9.17, 15) is 9.59 Å². The van der Waals surface area contributed by atoms with E-state index in [0.717, 1.165) is 71.1 Å². The first-order chi connectivity index (χ1) is 15.7. The number of likely N-dealkylation sites (tertiary alicyclic amines) is 2. The fourth-order valence-electron chi connectivity index (χ4n) is 5.71. The summed E-state index contributed by atoms with van der Waals surface area (Å²) in [6, 6.07) is 12.7. The summed E-state index contributed by atoms with van der Waals surface area (Å²) >= 11 is 0. The fraction of sp³-hybridized carbons (Fsp3) is 0.538. The number of furan rings is 1. The zero-order valence-corrected chi connectivity index (χ0v) is 18.7. The Hall–Kier alpha value is -2.60. The van der Waals surface area contributed by atoms with Crippen molar-refractivity contribution in [2.45, 2.75) is 57.0 Å². The Morgan fingerprint density at radius 2 is 1.69 bits per heavy atom. The second kappa shape index (κ2) is 9.49. The minimum Gasteiger partial charge on any atom is -0.459 e. The van der Waals surface area contributed by atoms with Crippen molar-refractivity contribution in [2.24, 2.45) is 5.92 Å². The molecule has 0 radical (unpaired) electrons. The van der Waals surface area contributed by atoms with Crippen LogP contribution in [0, 0.1) is 5.92 Å². The number of hydrogen-bond donors (Lipinski definition) is 1. The molecule has 170 valence electrons. The van der Waals surface area contributed by atoms with Crippen molar-refractivity contribution in [3.05, 3.63) is 59.5 Å². The molecule has 1 aromatic carbocycles. The number of carbonyl (C=O) groups is 2. The van der Waals surface area contributed by atoms with Crippen molar-refractivity contribution in [2.75, 3.05) is 26.2 Å². The first-order valence-electron chi connectivity index (χ1n) is 12.1. The Balaban J connectivity index is 1.09. The fourth-order valence-corrected chi connectivity index (χ4v) is 5.71. The van der Waals surface area contributed by atoms with E-state index in [1.54, 1.807) is 18.4 Å². The number of nitrogens with one attached hydrogen (secondary N) is 1. The largest absolute Gasteiger partial charge is 0.459 e. The highest BCUT2D eigenvalue weighted by atomic mass is 16.3. The van der Waals surface area contributed by atoms with E-state index in [-0.39, 0.29) is 23.8 Å². The van der Waals surface area contributed by atoms with Crippen LogP contribution in [0.5, 0.6) is 0 Å². The third kappa shape index (κ3) is 4.46. The SMILES string of the molecule is O=C(NC1CCCc2ccccc21)C1CCN(C2CCN(C(=O)c3ccco3)CC2)CC1. The molecule has 0 saturated carbocycles. The first-order valence-corrected chi connectivity index (χ1v) is 12.1. The third-order valence-corrected chi connectivity index (χ3v) is 7.59. The summed E-state index contributed by atoms with van der Waals surface area (Å²) < 4.78 is 5.26. The summed E-state index contributed by atoms with van der Waals surface area (Å²) in [7, 11) is 0. The van der Waals surface area contributed by atoms with Crippen molar-refractivity contribution < 1.29 is 14.0 Å². The summed E-state index contributed by atoms with van der Waals surface area (Å²) in [4.78, 5) is 29.9. The molecule has 3 heterocycles. The van der Waals surface area contributed by atoms with Crippen molar-refractivity contribution >= 4 is 11.8 Å². The number of rotatable bonds is 4. The molecule has 2 saturated heterocycles. The van der Waals surface area contributed by atoms with Gasteiger partial charge in [0.2, 0.25) is 5.91 Å². The summed E-state index contributed by atoms with van der Waals surface area (Å²) in [5.74, 6) is 0.759. The Kier molecular flexibility index (Phi) is 6.30. The summed E-state index contributed by atoms with van der Waals surface area (Å²) in [5, 5.41) is 3.36. The summed E-state index contributed by atoms with van der Waals surface area (Å²) in [6.45, 7) is 3.48. The highest BCUT2D eigenvalue weighted by Crippen LogP contribution is 2.31. The number of nitrogens with zero attached hydrogens (tertiary/aromatic N) is 2. The van der Waals surface area contributed by atoms with E-state index in [1.165, 1.54) is 11.1 Å². The number of benzene rings is 1. The van der Waals surface area contributed by atoms with Gasteiger partial charge in [0, 0.05) is 25.0 Å². The highest BCUT2D eigenvalue weighted by Gasteiger charge is 2.33. The third-order valence-electron chi connectivity index (χ3n) is 7.59. The van der Waals surface area contributed by atoms with Crippen molar-refractivity contribution in [3.63, 3.8) is 0 Å². The lowest BCUT2D eigenvalue weighted by Gasteiger charge is -2.41. The lowest BCUT2D eigenvalue weighted by atomic mass is 9.86. The van der Waals surface area contributed by atoms with Gasteiger partial charge in [-0.05, 0) is 81.3 Å². The normalized spacial score (nSPS) is 23.0. The Morgan fingerprint density at radius 3 is 2.44 bits per heavy atom. The zero-order valence-electron chi connectivity index (χ0n) is 18.7. The highest BCUT2D eigenvalue weighted by molar-refractivity contribution is 5.91. The molecule has 2 aromatic rings. The van der Waals surface area contributed by atoms with Gasteiger partial charge < -0.3 is 19.5 Å². The molecule has 1 N–H and O–H groups in total. The van der Waals surface area contributed by atoms with Crippen molar-refractivity contribution in [3.8, 4) is 0 Å². The predicted octanol–water partition coefficient (Wildman–Crippen LogP) is 3.79. The number of aryl methyl sites for hydroxylation is 1. The molecule has 1 aromatic heterocycles. The molecule has 32 heavy (non-hydrogen) atoms. The molecular formula is C26H33N3O3. The molecule has 0 bridgehead atoms.